The van der Waals surface area contributed by atoms with Crippen LogP contribution in [0.3, 0.4) is 0 Å². The molecule has 174 valence electrons. The SMILES string of the molecule is CCC(=O)Nc1ccc2c(c1)C(=O)N(C)[C@H]1CC[C@H](CC(=O)NC3CCCC3)O[C@@H]1CO2. The van der Waals surface area contributed by atoms with Gasteiger partial charge in [-0.25, -0.2) is 0 Å². The van der Waals surface area contributed by atoms with Crippen LogP contribution in [0.1, 0.15) is 68.6 Å². The summed E-state index contributed by atoms with van der Waals surface area (Å²) in [5.74, 6) is 0.243. The minimum absolute atomic E-state index is 0.0449. The molecule has 0 aromatic heterocycles. The Balaban J connectivity index is 1.42. The number of carbonyl (C=O) groups excluding carboxylic acids is 3. The second-order valence-corrected chi connectivity index (χ2v) is 9.03. The van der Waals surface area contributed by atoms with Crippen LogP contribution in [0.15, 0.2) is 18.2 Å². The highest BCUT2D eigenvalue weighted by Crippen LogP contribution is 2.32. The van der Waals surface area contributed by atoms with Crippen molar-refractivity contribution in [3.8, 4) is 5.75 Å². The number of ether oxygens (including phenoxy) is 2. The lowest BCUT2D eigenvalue weighted by Gasteiger charge is -2.42. The van der Waals surface area contributed by atoms with Crippen LogP contribution in [0.2, 0.25) is 0 Å². The fourth-order valence-electron chi connectivity index (χ4n) is 4.92. The standard InChI is InChI=1S/C24H33N3O5/c1-3-22(28)26-16-8-11-20-18(12-16)24(30)27(2)19-10-9-17(32-21(19)14-31-20)13-23(29)25-15-6-4-5-7-15/h8,11-12,15,17,19,21H,3-7,9-10,13-14H2,1-2H3,(H,25,29)(H,26,28)/t17-,19+,21-/m1/s1. The summed E-state index contributed by atoms with van der Waals surface area (Å²) in [6, 6.07) is 5.29. The maximum atomic E-state index is 13.2. The van der Waals surface area contributed by atoms with Gasteiger partial charge in [-0.05, 0) is 43.9 Å². The van der Waals surface area contributed by atoms with Gasteiger partial charge in [-0.1, -0.05) is 19.8 Å². The number of anilines is 1. The minimum atomic E-state index is -0.297. The van der Waals surface area contributed by atoms with Crippen LogP contribution in [0.4, 0.5) is 5.69 Å². The van der Waals surface area contributed by atoms with Gasteiger partial charge >= 0.3 is 0 Å². The number of rotatable bonds is 5. The zero-order valence-corrected chi connectivity index (χ0v) is 18.9. The lowest BCUT2D eigenvalue weighted by Crippen LogP contribution is -2.54. The van der Waals surface area contributed by atoms with E-state index in [1.807, 2.05) is 0 Å². The zero-order chi connectivity index (χ0) is 22.7. The summed E-state index contributed by atoms with van der Waals surface area (Å²) in [6.45, 7) is 2.08. The van der Waals surface area contributed by atoms with Gasteiger partial charge < -0.3 is 25.0 Å². The second kappa shape index (κ2) is 9.90. The highest BCUT2D eigenvalue weighted by atomic mass is 16.5. The molecule has 3 atom stereocenters. The normalized spacial score (nSPS) is 25.8. The van der Waals surface area contributed by atoms with E-state index in [0.29, 0.717) is 42.5 Å². The van der Waals surface area contributed by atoms with Crippen molar-refractivity contribution in [1.82, 2.24) is 10.2 Å². The van der Waals surface area contributed by atoms with E-state index in [1.54, 1.807) is 37.1 Å². The maximum absolute atomic E-state index is 13.2. The van der Waals surface area contributed by atoms with Gasteiger partial charge in [0.05, 0.1) is 24.1 Å². The fourth-order valence-corrected chi connectivity index (χ4v) is 4.92. The van der Waals surface area contributed by atoms with Crippen molar-refractivity contribution in [2.24, 2.45) is 0 Å². The maximum Gasteiger partial charge on any atom is 0.257 e. The Bertz CT molecular complexity index is 867. The summed E-state index contributed by atoms with van der Waals surface area (Å²) in [6.07, 6.45) is 6.19. The molecule has 0 spiro atoms. The van der Waals surface area contributed by atoms with Crippen molar-refractivity contribution in [2.75, 3.05) is 19.0 Å². The molecule has 8 heteroatoms. The summed E-state index contributed by atoms with van der Waals surface area (Å²) in [5, 5.41) is 5.92. The van der Waals surface area contributed by atoms with Crippen molar-refractivity contribution in [1.29, 1.82) is 0 Å². The molecule has 2 fully saturated rings. The Labute approximate surface area is 189 Å². The smallest absolute Gasteiger partial charge is 0.257 e. The van der Waals surface area contributed by atoms with E-state index < -0.39 is 0 Å². The molecule has 0 radical (unpaired) electrons. The number of hydrogen-bond donors (Lipinski definition) is 2. The van der Waals surface area contributed by atoms with Gasteiger partial charge in [0.2, 0.25) is 11.8 Å². The average Bonchev–Trinajstić information content (AvgIpc) is 3.29. The third kappa shape index (κ3) is 5.06. The van der Waals surface area contributed by atoms with E-state index in [4.69, 9.17) is 9.47 Å². The van der Waals surface area contributed by atoms with Crippen molar-refractivity contribution in [3.63, 3.8) is 0 Å². The molecule has 1 aromatic rings. The molecular weight excluding hydrogens is 410 g/mol. The van der Waals surface area contributed by atoms with Gasteiger partial charge in [-0.15, -0.1) is 0 Å². The van der Waals surface area contributed by atoms with Crippen LogP contribution in [-0.2, 0) is 14.3 Å². The first-order valence-corrected chi connectivity index (χ1v) is 11.7. The van der Waals surface area contributed by atoms with Crippen LogP contribution in [0.5, 0.6) is 5.75 Å². The number of fused-ring (bicyclic) bond motifs is 2. The van der Waals surface area contributed by atoms with E-state index in [9.17, 15) is 14.4 Å². The quantitative estimate of drug-likeness (QED) is 0.729. The Morgan fingerprint density at radius 2 is 1.91 bits per heavy atom. The molecule has 8 nitrogen and oxygen atoms in total. The van der Waals surface area contributed by atoms with Crippen LogP contribution in [-0.4, -0.2) is 60.6 Å². The highest BCUT2D eigenvalue weighted by Gasteiger charge is 2.39. The molecule has 2 N–H and O–H groups in total. The molecular formula is C24H33N3O5. The number of amides is 3. The van der Waals surface area contributed by atoms with Gasteiger partial charge in [0.15, 0.2) is 0 Å². The predicted molar refractivity (Wildman–Crippen MR) is 120 cm³/mol. The lowest BCUT2D eigenvalue weighted by molar-refractivity contribution is -0.134. The fraction of sp³-hybridized carbons (Fsp3) is 0.625. The molecule has 1 saturated heterocycles. The van der Waals surface area contributed by atoms with E-state index in [-0.39, 0.29) is 36.0 Å². The van der Waals surface area contributed by atoms with Gasteiger partial charge in [0, 0.05) is 25.2 Å². The number of nitrogens with zero attached hydrogens (tertiary/aromatic N) is 1. The number of hydrogen-bond acceptors (Lipinski definition) is 5. The molecule has 1 saturated carbocycles. The second-order valence-electron chi connectivity index (χ2n) is 9.03. The Morgan fingerprint density at radius 3 is 2.66 bits per heavy atom. The molecule has 2 heterocycles. The van der Waals surface area contributed by atoms with E-state index in [1.165, 1.54) is 12.8 Å². The van der Waals surface area contributed by atoms with Crippen LogP contribution in [0, 0.1) is 0 Å². The predicted octanol–water partition coefficient (Wildman–Crippen LogP) is 2.86. The third-order valence-corrected chi connectivity index (χ3v) is 6.75. The molecule has 3 amide bonds. The van der Waals surface area contributed by atoms with Crippen LogP contribution >= 0.6 is 0 Å². The molecule has 1 aliphatic carbocycles. The molecule has 32 heavy (non-hydrogen) atoms. The van der Waals surface area contributed by atoms with Crippen molar-refractivity contribution in [3.05, 3.63) is 23.8 Å². The third-order valence-electron chi connectivity index (χ3n) is 6.75. The Kier molecular flexibility index (Phi) is 6.98. The van der Waals surface area contributed by atoms with Crippen molar-refractivity contribution >= 4 is 23.4 Å². The molecule has 3 aliphatic rings. The van der Waals surface area contributed by atoms with E-state index >= 15 is 0 Å². The van der Waals surface area contributed by atoms with Gasteiger partial charge in [0.25, 0.3) is 5.91 Å². The largest absolute Gasteiger partial charge is 0.490 e. The van der Waals surface area contributed by atoms with Crippen LogP contribution in [0.25, 0.3) is 0 Å². The Morgan fingerprint density at radius 1 is 1.12 bits per heavy atom. The lowest BCUT2D eigenvalue weighted by atomic mass is 9.94. The minimum Gasteiger partial charge on any atom is -0.490 e. The van der Waals surface area contributed by atoms with Gasteiger partial charge in [-0.3, -0.25) is 14.4 Å². The summed E-state index contributed by atoms with van der Waals surface area (Å²) >= 11 is 0. The number of carbonyl (C=O) groups is 3. The highest BCUT2D eigenvalue weighted by molar-refractivity contribution is 5.99. The van der Waals surface area contributed by atoms with E-state index in [2.05, 4.69) is 10.6 Å². The molecule has 1 aromatic carbocycles. The van der Waals surface area contributed by atoms with E-state index in [0.717, 1.165) is 25.7 Å². The molecule has 4 rings (SSSR count). The summed E-state index contributed by atoms with van der Waals surface area (Å²) in [5.41, 5.74) is 1.00. The average molecular weight is 444 g/mol. The molecule has 0 unspecified atom stereocenters. The number of nitrogens with one attached hydrogen (secondary N) is 2. The summed E-state index contributed by atoms with van der Waals surface area (Å²) in [4.78, 5) is 39.1. The first-order chi connectivity index (χ1) is 15.4. The number of benzene rings is 1. The topological polar surface area (TPSA) is 97.0 Å². The monoisotopic (exact) mass is 443 g/mol. The summed E-state index contributed by atoms with van der Waals surface area (Å²) in [7, 11) is 1.78. The first kappa shape index (κ1) is 22.6. The molecule has 0 bridgehead atoms. The first-order valence-electron chi connectivity index (χ1n) is 11.7. The Hall–Kier alpha value is -2.61. The van der Waals surface area contributed by atoms with Gasteiger partial charge in [0.1, 0.15) is 18.5 Å². The molecule has 2 aliphatic heterocycles. The van der Waals surface area contributed by atoms with Crippen molar-refractivity contribution in [2.45, 2.75) is 82.6 Å². The van der Waals surface area contributed by atoms with Crippen molar-refractivity contribution < 1.29 is 23.9 Å². The summed E-state index contributed by atoms with van der Waals surface area (Å²) < 4.78 is 12.2. The van der Waals surface area contributed by atoms with Gasteiger partial charge in [-0.2, -0.15) is 0 Å². The number of likely N-dealkylation sites (N-methyl/N-ethyl adjacent to an activating group) is 1. The zero-order valence-electron chi connectivity index (χ0n) is 18.9. The van der Waals surface area contributed by atoms with Crippen LogP contribution < -0.4 is 15.4 Å².